The summed E-state index contributed by atoms with van der Waals surface area (Å²) in [6.07, 6.45) is 5.85. The quantitative estimate of drug-likeness (QED) is 0.732. The number of carboxylic acids is 1. The largest absolute Gasteiger partial charge is 0.479 e. The molecule has 0 aromatic rings. The zero-order chi connectivity index (χ0) is 9.68. The first kappa shape index (κ1) is 10.5. The van der Waals surface area contributed by atoms with E-state index in [4.69, 9.17) is 9.84 Å². The van der Waals surface area contributed by atoms with E-state index in [9.17, 15) is 4.79 Å². The van der Waals surface area contributed by atoms with Gasteiger partial charge in [-0.05, 0) is 19.3 Å². The van der Waals surface area contributed by atoms with Gasteiger partial charge in [0.1, 0.15) is 0 Å². The zero-order valence-corrected chi connectivity index (χ0v) is 8.16. The van der Waals surface area contributed by atoms with Crippen molar-refractivity contribution in [2.75, 3.05) is 0 Å². The topological polar surface area (TPSA) is 46.5 Å². The van der Waals surface area contributed by atoms with Gasteiger partial charge in [0.25, 0.3) is 0 Å². The van der Waals surface area contributed by atoms with Gasteiger partial charge >= 0.3 is 5.97 Å². The molecule has 76 valence electrons. The Hall–Kier alpha value is -0.570. The predicted molar refractivity (Wildman–Crippen MR) is 49.7 cm³/mol. The smallest absolute Gasteiger partial charge is 0.332 e. The summed E-state index contributed by atoms with van der Waals surface area (Å²) in [7, 11) is 0. The Morgan fingerprint density at radius 3 is 2.54 bits per heavy atom. The molecule has 0 bridgehead atoms. The maximum atomic E-state index is 10.7. The van der Waals surface area contributed by atoms with Crippen molar-refractivity contribution in [3.63, 3.8) is 0 Å². The molecule has 1 fully saturated rings. The van der Waals surface area contributed by atoms with Crippen molar-refractivity contribution in [3.05, 3.63) is 0 Å². The summed E-state index contributed by atoms with van der Waals surface area (Å²) in [5, 5.41) is 8.78. The Bertz CT molecular complexity index is 162. The maximum absolute atomic E-state index is 10.7. The number of ether oxygens (including phenoxy) is 1. The average Bonchev–Trinajstić information content (AvgIpc) is 2.15. The molecule has 0 amide bonds. The first-order chi connectivity index (χ1) is 6.24. The van der Waals surface area contributed by atoms with Crippen LogP contribution in [0.5, 0.6) is 0 Å². The summed E-state index contributed by atoms with van der Waals surface area (Å²) >= 11 is 0. The van der Waals surface area contributed by atoms with Gasteiger partial charge in [0, 0.05) is 0 Å². The van der Waals surface area contributed by atoms with Crippen LogP contribution in [0.1, 0.15) is 45.4 Å². The van der Waals surface area contributed by atoms with Gasteiger partial charge in [0.05, 0.1) is 6.10 Å². The molecule has 0 heterocycles. The molecule has 1 unspecified atom stereocenters. The Kier molecular flexibility index (Phi) is 4.22. The van der Waals surface area contributed by atoms with Crippen LogP contribution < -0.4 is 0 Å². The fourth-order valence-electron chi connectivity index (χ4n) is 1.76. The number of hydrogen-bond donors (Lipinski definition) is 1. The number of carboxylic acid groups (broad SMARTS) is 1. The van der Waals surface area contributed by atoms with Gasteiger partial charge < -0.3 is 9.84 Å². The van der Waals surface area contributed by atoms with Crippen LogP contribution in [0.2, 0.25) is 0 Å². The second-order valence-electron chi connectivity index (χ2n) is 3.63. The Labute approximate surface area is 79.1 Å². The number of aliphatic carboxylic acids is 1. The first-order valence-electron chi connectivity index (χ1n) is 5.12. The van der Waals surface area contributed by atoms with E-state index in [1.54, 1.807) is 0 Å². The molecule has 0 aromatic heterocycles. The van der Waals surface area contributed by atoms with Crippen molar-refractivity contribution < 1.29 is 14.6 Å². The molecule has 1 aliphatic rings. The highest BCUT2D eigenvalue weighted by Crippen LogP contribution is 2.22. The van der Waals surface area contributed by atoms with Crippen molar-refractivity contribution in [1.29, 1.82) is 0 Å². The molecule has 1 N–H and O–H groups in total. The molecular weight excluding hydrogens is 168 g/mol. The summed E-state index contributed by atoms with van der Waals surface area (Å²) in [6, 6.07) is 0. The van der Waals surface area contributed by atoms with E-state index in [0.717, 1.165) is 12.8 Å². The minimum absolute atomic E-state index is 0.190. The Morgan fingerprint density at radius 1 is 1.46 bits per heavy atom. The first-order valence-corrected chi connectivity index (χ1v) is 5.12. The van der Waals surface area contributed by atoms with Gasteiger partial charge in [-0.2, -0.15) is 0 Å². The third kappa shape index (κ3) is 3.35. The van der Waals surface area contributed by atoms with Crippen LogP contribution in [0.15, 0.2) is 0 Å². The van der Waals surface area contributed by atoms with Crippen molar-refractivity contribution in [3.8, 4) is 0 Å². The molecule has 1 saturated carbocycles. The molecule has 0 spiro atoms. The van der Waals surface area contributed by atoms with Crippen molar-refractivity contribution >= 4 is 5.97 Å². The van der Waals surface area contributed by atoms with Gasteiger partial charge in [-0.1, -0.05) is 26.2 Å². The highest BCUT2D eigenvalue weighted by atomic mass is 16.5. The van der Waals surface area contributed by atoms with Crippen LogP contribution >= 0.6 is 0 Å². The fourth-order valence-corrected chi connectivity index (χ4v) is 1.76. The summed E-state index contributed by atoms with van der Waals surface area (Å²) in [5.41, 5.74) is 0. The van der Waals surface area contributed by atoms with Crippen molar-refractivity contribution in [2.24, 2.45) is 0 Å². The molecule has 1 rings (SSSR count). The summed E-state index contributed by atoms with van der Waals surface area (Å²) in [6.45, 7) is 1.85. The third-order valence-corrected chi connectivity index (χ3v) is 2.56. The predicted octanol–water partition coefficient (Wildman–Crippen LogP) is 2.20. The van der Waals surface area contributed by atoms with E-state index in [1.165, 1.54) is 19.3 Å². The van der Waals surface area contributed by atoms with E-state index in [2.05, 4.69) is 0 Å². The lowest BCUT2D eigenvalue weighted by Gasteiger charge is -2.24. The second-order valence-corrected chi connectivity index (χ2v) is 3.63. The van der Waals surface area contributed by atoms with E-state index >= 15 is 0 Å². The molecule has 1 aliphatic carbocycles. The standard InChI is InChI=1S/C10H18O3/c1-2-9(10(11)12)13-8-6-4-3-5-7-8/h8-9H,2-7H2,1H3,(H,11,12). The molecule has 3 heteroatoms. The lowest BCUT2D eigenvalue weighted by Crippen LogP contribution is -2.29. The number of carbonyl (C=O) groups is 1. The van der Waals surface area contributed by atoms with Crippen molar-refractivity contribution in [2.45, 2.75) is 57.7 Å². The van der Waals surface area contributed by atoms with Gasteiger partial charge in [0.15, 0.2) is 6.10 Å². The van der Waals surface area contributed by atoms with E-state index < -0.39 is 12.1 Å². The molecule has 0 aliphatic heterocycles. The lowest BCUT2D eigenvalue weighted by atomic mass is 9.97. The van der Waals surface area contributed by atoms with Crippen LogP contribution in [0.25, 0.3) is 0 Å². The molecule has 0 radical (unpaired) electrons. The van der Waals surface area contributed by atoms with Crippen LogP contribution in [0.3, 0.4) is 0 Å². The molecule has 0 aromatic carbocycles. The van der Waals surface area contributed by atoms with Crippen LogP contribution in [0, 0.1) is 0 Å². The van der Waals surface area contributed by atoms with E-state index in [-0.39, 0.29) is 6.10 Å². The van der Waals surface area contributed by atoms with Gasteiger partial charge in [-0.25, -0.2) is 4.79 Å². The lowest BCUT2D eigenvalue weighted by molar-refractivity contribution is -0.155. The van der Waals surface area contributed by atoms with Crippen LogP contribution in [-0.4, -0.2) is 23.3 Å². The monoisotopic (exact) mass is 186 g/mol. The highest BCUT2D eigenvalue weighted by Gasteiger charge is 2.22. The van der Waals surface area contributed by atoms with Crippen LogP contribution in [-0.2, 0) is 9.53 Å². The van der Waals surface area contributed by atoms with Crippen LogP contribution in [0.4, 0.5) is 0 Å². The van der Waals surface area contributed by atoms with E-state index in [0.29, 0.717) is 6.42 Å². The van der Waals surface area contributed by atoms with Gasteiger partial charge in [-0.3, -0.25) is 0 Å². The average molecular weight is 186 g/mol. The molecule has 0 saturated heterocycles. The second kappa shape index (κ2) is 5.22. The van der Waals surface area contributed by atoms with Gasteiger partial charge in [0.2, 0.25) is 0 Å². The molecule has 3 nitrogen and oxygen atoms in total. The summed E-state index contributed by atoms with van der Waals surface area (Å²) in [4.78, 5) is 10.7. The molecular formula is C10H18O3. The van der Waals surface area contributed by atoms with Gasteiger partial charge in [-0.15, -0.1) is 0 Å². The Balaban J connectivity index is 2.31. The summed E-state index contributed by atoms with van der Waals surface area (Å²) in [5.74, 6) is -0.826. The minimum atomic E-state index is -0.826. The molecule has 13 heavy (non-hydrogen) atoms. The SMILES string of the molecule is CCC(OC1CCCCC1)C(=O)O. The van der Waals surface area contributed by atoms with E-state index in [1.807, 2.05) is 6.92 Å². The molecule has 1 atom stereocenters. The Morgan fingerprint density at radius 2 is 2.08 bits per heavy atom. The maximum Gasteiger partial charge on any atom is 0.332 e. The minimum Gasteiger partial charge on any atom is -0.479 e. The fraction of sp³-hybridized carbons (Fsp3) is 0.900. The third-order valence-electron chi connectivity index (χ3n) is 2.56. The number of rotatable bonds is 4. The summed E-state index contributed by atoms with van der Waals surface area (Å²) < 4.78 is 5.50. The van der Waals surface area contributed by atoms with Crippen molar-refractivity contribution in [1.82, 2.24) is 0 Å². The zero-order valence-electron chi connectivity index (χ0n) is 8.16. The normalized spacial score (nSPS) is 21.3. The number of hydrogen-bond acceptors (Lipinski definition) is 2. The highest BCUT2D eigenvalue weighted by molar-refractivity contribution is 5.72.